The molecule has 0 N–H and O–H groups in total. The molecule has 1 unspecified atom stereocenters. The topological polar surface area (TPSA) is 0 Å². The third kappa shape index (κ3) is 3.58. The zero-order valence-electron chi connectivity index (χ0n) is 9.92. The Morgan fingerprint density at radius 1 is 1.06 bits per heavy atom. The summed E-state index contributed by atoms with van der Waals surface area (Å²) in [6.45, 7) is 2.82. The maximum atomic E-state index is 12.8. The summed E-state index contributed by atoms with van der Waals surface area (Å²) < 4.78 is 25.6. The van der Waals surface area contributed by atoms with Crippen molar-refractivity contribution in [3.8, 4) is 0 Å². The molecule has 1 aromatic rings. The molecule has 0 bridgehead atoms. The first-order chi connectivity index (χ1) is 7.69. The summed E-state index contributed by atoms with van der Waals surface area (Å²) in [6.07, 6.45) is 0.752. The highest BCUT2D eigenvalue weighted by Crippen LogP contribution is 2.32. The molecule has 0 aromatic heterocycles. The van der Waals surface area contributed by atoms with Gasteiger partial charge in [0, 0.05) is 5.92 Å². The van der Waals surface area contributed by atoms with Crippen LogP contribution < -0.4 is 0 Å². The molecule has 0 aliphatic carbocycles. The zero-order valence-corrected chi connectivity index (χ0v) is 9.92. The lowest BCUT2D eigenvalue weighted by molar-refractivity contribution is 0.246. The van der Waals surface area contributed by atoms with Gasteiger partial charge in [0.25, 0.3) is 0 Å². The number of hydrogen-bond donors (Lipinski definition) is 0. The van der Waals surface area contributed by atoms with E-state index in [1.807, 2.05) is 44.2 Å². The Balaban J connectivity index is 2.86. The molecule has 0 aliphatic rings. The summed E-state index contributed by atoms with van der Waals surface area (Å²) in [5.74, 6) is 0.652. The molecule has 0 nitrogen and oxygen atoms in total. The number of benzene rings is 1. The molecule has 16 heavy (non-hydrogen) atoms. The molecule has 2 heteroatoms. The van der Waals surface area contributed by atoms with Crippen LogP contribution in [0.15, 0.2) is 30.3 Å². The van der Waals surface area contributed by atoms with Crippen molar-refractivity contribution >= 4 is 0 Å². The summed E-state index contributed by atoms with van der Waals surface area (Å²) in [6, 6.07) is 9.66. The first-order valence-electron chi connectivity index (χ1n) is 5.65. The van der Waals surface area contributed by atoms with Crippen molar-refractivity contribution in [3.63, 3.8) is 0 Å². The Morgan fingerprint density at radius 2 is 1.62 bits per heavy atom. The lowest BCUT2D eigenvalue weighted by Crippen LogP contribution is -2.18. The van der Waals surface area contributed by atoms with Gasteiger partial charge in [0.05, 0.1) is 13.3 Å². The molecule has 0 saturated heterocycles. The minimum absolute atomic E-state index is 0.0406. The molecule has 0 aliphatic heterocycles. The van der Waals surface area contributed by atoms with E-state index in [1.54, 1.807) is 0 Å². The molecule has 0 saturated carbocycles. The summed E-state index contributed by atoms with van der Waals surface area (Å²) >= 11 is 0. The second-order valence-corrected chi connectivity index (χ2v) is 4.50. The van der Waals surface area contributed by atoms with Gasteiger partial charge < -0.3 is 0 Å². The van der Waals surface area contributed by atoms with Crippen molar-refractivity contribution in [2.75, 3.05) is 13.3 Å². The summed E-state index contributed by atoms with van der Waals surface area (Å²) in [5, 5.41) is 0. The standard InChI is InChI=1S/C14H19F2/c1-11(2)8-14(13(9-15)10-16)12-6-4-3-5-7-12/h3-7,13-14H,8-10H2,1-2H3. The molecule has 1 radical (unpaired) electrons. The minimum Gasteiger partial charge on any atom is -0.251 e. The Morgan fingerprint density at radius 3 is 2.06 bits per heavy atom. The highest BCUT2D eigenvalue weighted by molar-refractivity contribution is 5.21. The number of hydrogen-bond acceptors (Lipinski definition) is 0. The molecular weight excluding hydrogens is 206 g/mol. The zero-order chi connectivity index (χ0) is 12.0. The largest absolute Gasteiger partial charge is 0.251 e. The van der Waals surface area contributed by atoms with E-state index in [0.717, 1.165) is 12.0 Å². The SMILES string of the molecule is C[C](C)CC(c1ccccc1)C(CF)CF. The van der Waals surface area contributed by atoms with Crippen LogP contribution in [0.4, 0.5) is 8.78 Å². The van der Waals surface area contributed by atoms with Gasteiger partial charge in [-0.1, -0.05) is 44.2 Å². The van der Waals surface area contributed by atoms with Gasteiger partial charge in [0.2, 0.25) is 0 Å². The maximum Gasteiger partial charge on any atom is 0.0953 e. The van der Waals surface area contributed by atoms with E-state index in [4.69, 9.17) is 0 Å². The van der Waals surface area contributed by atoms with Crippen LogP contribution in [0.5, 0.6) is 0 Å². The van der Waals surface area contributed by atoms with Crippen molar-refractivity contribution in [1.29, 1.82) is 0 Å². The van der Waals surface area contributed by atoms with Crippen molar-refractivity contribution in [2.24, 2.45) is 5.92 Å². The van der Waals surface area contributed by atoms with E-state index in [2.05, 4.69) is 0 Å². The highest BCUT2D eigenvalue weighted by atomic mass is 19.1. The third-order valence-corrected chi connectivity index (χ3v) is 2.82. The van der Waals surface area contributed by atoms with Crippen LogP contribution in [0, 0.1) is 11.8 Å². The Bertz CT molecular complexity index is 278. The van der Waals surface area contributed by atoms with E-state index in [9.17, 15) is 8.78 Å². The quantitative estimate of drug-likeness (QED) is 0.676. The second kappa shape index (κ2) is 6.62. The predicted octanol–water partition coefficient (Wildman–Crippen LogP) is 4.33. The number of halogens is 2. The van der Waals surface area contributed by atoms with Gasteiger partial charge in [0.1, 0.15) is 0 Å². The smallest absolute Gasteiger partial charge is 0.0953 e. The van der Waals surface area contributed by atoms with Crippen LogP contribution in [0.3, 0.4) is 0 Å². The van der Waals surface area contributed by atoms with Crippen LogP contribution in [0.25, 0.3) is 0 Å². The fourth-order valence-corrected chi connectivity index (χ4v) is 1.95. The van der Waals surface area contributed by atoms with Crippen molar-refractivity contribution in [1.82, 2.24) is 0 Å². The van der Waals surface area contributed by atoms with Crippen molar-refractivity contribution in [2.45, 2.75) is 26.2 Å². The van der Waals surface area contributed by atoms with Crippen LogP contribution in [0.2, 0.25) is 0 Å². The van der Waals surface area contributed by atoms with E-state index < -0.39 is 19.3 Å². The van der Waals surface area contributed by atoms with E-state index in [-0.39, 0.29) is 5.92 Å². The molecule has 0 amide bonds. The lowest BCUT2D eigenvalue weighted by Gasteiger charge is -2.24. The Hall–Kier alpha value is -0.920. The summed E-state index contributed by atoms with van der Waals surface area (Å²) in [7, 11) is 0. The highest BCUT2D eigenvalue weighted by Gasteiger charge is 2.24. The molecule has 1 rings (SSSR count). The molecular formula is C14H19F2. The van der Waals surface area contributed by atoms with Crippen LogP contribution >= 0.6 is 0 Å². The van der Waals surface area contributed by atoms with Crippen LogP contribution in [-0.2, 0) is 0 Å². The van der Waals surface area contributed by atoms with Crippen LogP contribution in [-0.4, -0.2) is 13.3 Å². The van der Waals surface area contributed by atoms with Crippen LogP contribution in [0.1, 0.15) is 31.7 Å². The van der Waals surface area contributed by atoms with E-state index >= 15 is 0 Å². The molecule has 0 heterocycles. The maximum absolute atomic E-state index is 12.8. The third-order valence-electron chi connectivity index (χ3n) is 2.82. The Labute approximate surface area is 96.7 Å². The first-order valence-corrected chi connectivity index (χ1v) is 5.65. The number of alkyl halides is 2. The molecule has 1 aromatic carbocycles. The van der Waals surface area contributed by atoms with Gasteiger partial charge in [-0.05, 0) is 23.8 Å². The minimum atomic E-state index is -0.594. The van der Waals surface area contributed by atoms with Gasteiger partial charge in [-0.3, -0.25) is 8.78 Å². The van der Waals surface area contributed by atoms with Crippen molar-refractivity contribution < 1.29 is 8.78 Å². The lowest BCUT2D eigenvalue weighted by atomic mass is 9.81. The Kier molecular flexibility index (Phi) is 5.44. The predicted molar refractivity (Wildman–Crippen MR) is 63.8 cm³/mol. The monoisotopic (exact) mass is 225 g/mol. The molecule has 0 fully saturated rings. The normalized spacial score (nSPS) is 13.4. The van der Waals surface area contributed by atoms with Gasteiger partial charge in [0.15, 0.2) is 0 Å². The average Bonchev–Trinajstić information content (AvgIpc) is 2.30. The van der Waals surface area contributed by atoms with Gasteiger partial charge in [-0.2, -0.15) is 0 Å². The molecule has 89 valence electrons. The fourth-order valence-electron chi connectivity index (χ4n) is 1.95. The van der Waals surface area contributed by atoms with E-state index in [1.165, 1.54) is 5.92 Å². The molecule has 0 spiro atoms. The summed E-state index contributed by atoms with van der Waals surface area (Å²) in [5.41, 5.74) is 1.03. The van der Waals surface area contributed by atoms with Gasteiger partial charge >= 0.3 is 0 Å². The fraction of sp³-hybridized carbons (Fsp3) is 0.500. The van der Waals surface area contributed by atoms with E-state index in [0.29, 0.717) is 0 Å². The second-order valence-electron chi connectivity index (χ2n) is 4.50. The van der Waals surface area contributed by atoms with Gasteiger partial charge in [-0.25, -0.2) is 0 Å². The number of rotatable bonds is 6. The molecule has 1 atom stereocenters. The average molecular weight is 225 g/mol. The van der Waals surface area contributed by atoms with Crippen molar-refractivity contribution in [3.05, 3.63) is 41.8 Å². The summed E-state index contributed by atoms with van der Waals surface area (Å²) in [4.78, 5) is 0. The van der Waals surface area contributed by atoms with Gasteiger partial charge in [-0.15, -0.1) is 0 Å². The first kappa shape index (κ1) is 13.1.